The van der Waals surface area contributed by atoms with Crippen LogP contribution in [-0.2, 0) is 12.7 Å². The number of H-pyrrole nitrogens is 1. The lowest BCUT2D eigenvalue weighted by atomic mass is 10.1. The van der Waals surface area contributed by atoms with Gasteiger partial charge in [0, 0.05) is 12.6 Å². The highest BCUT2D eigenvalue weighted by Gasteiger charge is 2.30. The van der Waals surface area contributed by atoms with Crippen LogP contribution in [-0.4, -0.2) is 32.2 Å². The molecule has 0 fully saturated rings. The highest BCUT2D eigenvalue weighted by atomic mass is 19.4. The number of fused-ring (bicyclic) bond motifs is 1. The number of imidazole rings is 1. The first kappa shape index (κ1) is 18.8. The van der Waals surface area contributed by atoms with Crippen molar-refractivity contribution in [3.63, 3.8) is 0 Å². The lowest BCUT2D eigenvalue weighted by Crippen LogP contribution is -2.20. The third-order valence-electron chi connectivity index (χ3n) is 4.25. The van der Waals surface area contributed by atoms with E-state index < -0.39 is 11.7 Å². The van der Waals surface area contributed by atoms with Crippen LogP contribution < -0.4 is 4.90 Å². The number of alkyl halides is 3. The zero-order valence-corrected chi connectivity index (χ0v) is 15.1. The topological polar surface area (TPSA) is 70.6 Å². The van der Waals surface area contributed by atoms with Crippen LogP contribution in [0.2, 0.25) is 0 Å². The molecule has 4 aromatic rings. The van der Waals surface area contributed by atoms with Gasteiger partial charge < -0.3 is 9.88 Å². The fourth-order valence-electron chi connectivity index (χ4n) is 2.85. The molecule has 0 unspecified atom stereocenters. The molecule has 0 saturated heterocycles. The molecule has 0 saturated carbocycles. The number of hydrogen-bond donors (Lipinski definition) is 1. The Balaban J connectivity index is 1.59. The van der Waals surface area contributed by atoms with Crippen LogP contribution in [0.15, 0.2) is 48.7 Å². The first-order valence-electron chi connectivity index (χ1n) is 8.52. The van der Waals surface area contributed by atoms with E-state index >= 15 is 0 Å². The average molecular weight is 402 g/mol. The van der Waals surface area contributed by atoms with Gasteiger partial charge in [0.05, 0.1) is 35.0 Å². The average Bonchev–Trinajstić information content (AvgIpc) is 3.09. The second-order valence-corrected chi connectivity index (χ2v) is 6.42. The minimum atomic E-state index is -4.45. The molecule has 6 nitrogen and oxygen atoms in total. The first-order chi connectivity index (χ1) is 13.8. The third kappa shape index (κ3) is 4.00. The van der Waals surface area contributed by atoms with Crippen molar-refractivity contribution in [2.24, 2.45) is 0 Å². The van der Waals surface area contributed by atoms with Gasteiger partial charge in [-0.25, -0.2) is 14.4 Å². The summed E-state index contributed by atoms with van der Waals surface area (Å²) in [5.74, 6) is 0.398. The normalized spacial score (nSPS) is 11.8. The van der Waals surface area contributed by atoms with E-state index in [1.165, 1.54) is 30.5 Å². The Hall–Kier alpha value is -3.56. The molecule has 4 rings (SSSR count). The van der Waals surface area contributed by atoms with Gasteiger partial charge >= 0.3 is 6.18 Å². The van der Waals surface area contributed by atoms with Crippen molar-refractivity contribution in [1.29, 1.82) is 0 Å². The summed E-state index contributed by atoms with van der Waals surface area (Å²) in [6.07, 6.45) is -3.15. The number of benzene rings is 2. The third-order valence-corrected chi connectivity index (χ3v) is 4.25. The molecule has 2 heterocycles. The van der Waals surface area contributed by atoms with E-state index in [-0.39, 0.29) is 29.6 Å². The number of aromatic amines is 1. The van der Waals surface area contributed by atoms with Crippen molar-refractivity contribution in [2.75, 3.05) is 11.9 Å². The molecule has 0 atom stereocenters. The van der Waals surface area contributed by atoms with Crippen molar-refractivity contribution in [1.82, 2.24) is 25.1 Å². The molecule has 0 bridgehead atoms. The Bertz CT molecular complexity index is 1170. The molecule has 2 aromatic heterocycles. The fourth-order valence-corrected chi connectivity index (χ4v) is 2.85. The van der Waals surface area contributed by atoms with Gasteiger partial charge in [0.1, 0.15) is 11.6 Å². The summed E-state index contributed by atoms with van der Waals surface area (Å²) < 4.78 is 52.2. The van der Waals surface area contributed by atoms with Crippen molar-refractivity contribution < 1.29 is 17.6 Å². The Morgan fingerprint density at radius 1 is 1.07 bits per heavy atom. The zero-order valence-electron chi connectivity index (χ0n) is 15.1. The minimum absolute atomic E-state index is 0.214. The van der Waals surface area contributed by atoms with Gasteiger partial charge in [-0.15, -0.1) is 5.10 Å². The van der Waals surface area contributed by atoms with E-state index in [9.17, 15) is 17.6 Å². The summed E-state index contributed by atoms with van der Waals surface area (Å²) in [5, 5.41) is 7.80. The molecular formula is C19H14F4N6. The number of hydrogen-bond acceptors (Lipinski definition) is 5. The fraction of sp³-hybridized carbons (Fsp3) is 0.158. The maximum absolute atomic E-state index is 13.3. The highest BCUT2D eigenvalue weighted by Crippen LogP contribution is 2.31. The molecule has 0 amide bonds. The van der Waals surface area contributed by atoms with Gasteiger partial charge in [0.15, 0.2) is 0 Å². The lowest BCUT2D eigenvalue weighted by molar-refractivity contribution is -0.137. The van der Waals surface area contributed by atoms with Crippen molar-refractivity contribution in [3.8, 4) is 11.3 Å². The molecule has 29 heavy (non-hydrogen) atoms. The summed E-state index contributed by atoms with van der Waals surface area (Å²) >= 11 is 0. The SMILES string of the molecule is CN(Cc1nc2ccc(F)cc2[nH]1)c1nncc(-c2cccc(C(F)(F)F)c2)n1. The van der Waals surface area contributed by atoms with Gasteiger partial charge in [-0.3, -0.25) is 0 Å². The van der Waals surface area contributed by atoms with Crippen LogP contribution in [0, 0.1) is 5.82 Å². The van der Waals surface area contributed by atoms with Gasteiger partial charge in [-0.1, -0.05) is 12.1 Å². The van der Waals surface area contributed by atoms with Gasteiger partial charge in [0.25, 0.3) is 0 Å². The summed E-state index contributed by atoms with van der Waals surface area (Å²) in [4.78, 5) is 13.3. The van der Waals surface area contributed by atoms with Crippen LogP contribution in [0.5, 0.6) is 0 Å². The van der Waals surface area contributed by atoms with E-state index in [4.69, 9.17) is 0 Å². The second kappa shape index (κ2) is 7.12. The maximum atomic E-state index is 13.3. The molecule has 148 valence electrons. The van der Waals surface area contributed by atoms with Crippen LogP contribution in [0.3, 0.4) is 0 Å². The molecule has 10 heteroatoms. The molecule has 2 aromatic carbocycles. The second-order valence-electron chi connectivity index (χ2n) is 6.42. The molecule has 1 N–H and O–H groups in total. The van der Waals surface area contributed by atoms with E-state index in [0.717, 1.165) is 12.1 Å². The van der Waals surface area contributed by atoms with Gasteiger partial charge in [0.2, 0.25) is 5.95 Å². The monoisotopic (exact) mass is 402 g/mol. The summed E-state index contributed by atoms with van der Waals surface area (Å²) in [6.45, 7) is 0.268. The number of rotatable bonds is 4. The van der Waals surface area contributed by atoms with Crippen molar-refractivity contribution in [3.05, 3.63) is 65.9 Å². The number of halogens is 4. The molecule has 0 radical (unpaired) electrons. The Kier molecular flexibility index (Phi) is 4.61. The molecule has 0 aliphatic heterocycles. The molecule has 0 spiro atoms. The van der Waals surface area contributed by atoms with Crippen molar-refractivity contribution >= 4 is 17.0 Å². The van der Waals surface area contributed by atoms with Crippen LogP contribution in [0.1, 0.15) is 11.4 Å². The van der Waals surface area contributed by atoms with Gasteiger partial charge in [-0.2, -0.15) is 18.3 Å². The standard InChI is InChI=1S/C19H14F4N6/c1-29(10-17-25-14-6-5-13(20)8-15(14)26-17)18-27-16(9-24-28-18)11-3-2-4-12(7-11)19(21,22)23/h2-9H,10H2,1H3,(H,25,26). The van der Waals surface area contributed by atoms with E-state index in [0.29, 0.717) is 16.9 Å². The van der Waals surface area contributed by atoms with Crippen molar-refractivity contribution in [2.45, 2.75) is 12.7 Å². The summed E-state index contributed by atoms with van der Waals surface area (Å²) in [6, 6.07) is 9.09. The van der Waals surface area contributed by atoms with E-state index in [2.05, 4.69) is 25.1 Å². The number of aromatic nitrogens is 5. The zero-order chi connectivity index (χ0) is 20.6. The van der Waals surface area contributed by atoms with E-state index in [1.54, 1.807) is 18.0 Å². The Labute approximate surface area is 162 Å². The van der Waals surface area contributed by atoms with E-state index in [1.807, 2.05) is 0 Å². The highest BCUT2D eigenvalue weighted by molar-refractivity contribution is 5.75. The lowest BCUT2D eigenvalue weighted by Gasteiger charge is -2.15. The molecule has 0 aliphatic rings. The summed E-state index contributed by atoms with van der Waals surface area (Å²) in [7, 11) is 1.70. The Morgan fingerprint density at radius 3 is 2.69 bits per heavy atom. The summed E-state index contributed by atoms with van der Waals surface area (Å²) in [5.41, 5.74) is 0.956. The maximum Gasteiger partial charge on any atom is 0.416 e. The quantitative estimate of drug-likeness (QED) is 0.518. The first-order valence-corrected chi connectivity index (χ1v) is 8.52. The molecular weight excluding hydrogens is 388 g/mol. The van der Waals surface area contributed by atoms with Gasteiger partial charge in [-0.05, 0) is 30.3 Å². The molecule has 0 aliphatic carbocycles. The smallest absolute Gasteiger partial charge is 0.340 e. The largest absolute Gasteiger partial charge is 0.416 e. The van der Waals surface area contributed by atoms with Crippen LogP contribution in [0.4, 0.5) is 23.5 Å². The number of nitrogens with zero attached hydrogens (tertiary/aromatic N) is 5. The van der Waals surface area contributed by atoms with Crippen LogP contribution in [0.25, 0.3) is 22.3 Å². The predicted octanol–water partition coefficient (Wildman–Crippen LogP) is 4.21. The Morgan fingerprint density at radius 2 is 1.90 bits per heavy atom. The minimum Gasteiger partial charge on any atom is -0.340 e. The predicted molar refractivity (Wildman–Crippen MR) is 98.4 cm³/mol. The number of anilines is 1. The number of nitrogens with one attached hydrogen (secondary N) is 1. The van der Waals surface area contributed by atoms with Crippen LogP contribution >= 0.6 is 0 Å².